The van der Waals surface area contributed by atoms with Gasteiger partial charge in [-0.3, -0.25) is 4.79 Å². The van der Waals surface area contributed by atoms with E-state index < -0.39 is 24.0 Å². The van der Waals surface area contributed by atoms with E-state index in [1.54, 1.807) is 0 Å². The SMILES string of the molecule is CCC[C@H](NC(=O)C1CCCC1NC(=O)OCC1c2ccccc2-c2ccccc21)C(=O)O. The Morgan fingerprint density at radius 3 is 2.27 bits per heavy atom. The Morgan fingerprint density at radius 1 is 1.03 bits per heavy atom. The number of fused-ring (bicyclic) bond motifs is 3. The molecule has 7 heteroatoms. The summed E-state index contributed by atoms with van der Waals surface area (Å²) in [6, 6.07) is 15.0. The molecule has 0 aromatic heterocycles. The van der Waals surface area contributed by atoms with Crippen molar-refractivity contribution in [3.63, 3.8) is 0 Å². The van der Waals surface area contributed by atoms with Gasteiger partial charge in [-0.05, 0) is 41.5 Å². The molecule has 3 N–H and O–H groups in total. The van der Waals surface area contributed by atoms with Gasteiger partial charge < -0.3 is 20.5 Å². The number of carboxylic acid groups (broad SMARTS) is 1. The maximum absolute atomic E-state index is 12.7. The first kappa shape index (κ1) is 22.8. The summed E-state index contributed by atoms with van der Waals surface area (Å²) in [7, 11) is 0. The summed E-state index contributed by atoms with van der Waals surface area (Å²) in [4.78, 5) is 36.7. The Labute approximate surface area is 193 Å². The highest BCUT2D eigenvalue weighted by Crippen LogP contribution is 2.44. The standard InChI is InChI=1S/C26H30N2O5/c1-2-8-23(25(30)31)27-24(29)20-13-7-14-22(20)28-26(32)33-15-21-18-11-5-3-9-16(18)17-10-4-6-12-19(17)21/h3-6,9-12,20-23H,2,7-8,13-15H2,1H3,(H,27,29)(H,28,32)(H,30,31)/t20?,22?,23-/m0/s1. The second kappa shape index (κ2) is 10.1. The lowest BCUT2D eigenvalue weighted by molar-refractivity contribution is -0.142. The maximum atomic E-state index is 12.7. The number of benzene rings is 2. The van der Waals surface area contributed by atoms with Crippen molar-refractivity contribution in [1.29, 1.82) is 0 Å². The Bertz CT molecular complexity index is 991. The van der Waals surface area contributed by atoms with Crippen LogP contribution in [0, 0.1) is 5.92 Å². The topological polar surface area (TPSA) is 105 Å². The zero-order chi connectivity index (χ0) is 23.4. The highest BCUT2D eigenvalue weighted by atomic mass is 16.5. The van der Waals surface area contributed by atoms with Crippen molar-refractivity contribution in [2.24, 2.45) is 5.92 Å². The van der Waals surface area contributed by atoms with E-state index in [2.05, 4.69) is 34.9 Å². The number of hydrogen-bond acceptors (Lipinski definition) is 4. The third-order valence-corrected chi connectivity index (χ3v) is 6.69. The molecule has 0 aliphatic heterocycles. The van der Waals surface area contributed by atoms with Gasteiger partial charge in [-0.1, -0.05) is 68.3 Å². The van der Waals surface area contributed by atoms with Crippen molar-refractivity contribution in [3.05, 3.63) is 59.7 Å². The van der Waals surface area contributed by atoms with Gasteiger partial charge in [0, 0.05) is 12.0 Å². The molecule has 2 aromatic rings. The molecular weight excluding hydrogens is 420 g/mol. The van der Waals surface area contributed by atoms with Crippen LogP contribution < -0.4 is 10.6 Å². The average molecular weight is 451 g/mol. The van der Waals surface area contributed by atoms with Crippen LogP contribution in [-0.4, -0.2) is 41.8 Å². The lowest BCUT2D eigenvalue weighted by atomic mass is 9.98. The average Bonchev–Trinajstić information content (AvgIpc) is 3.40. The predicted octanol–water partition coefficient (Wildman–Crippen LogP) is 4.06. The summed E-state index contributed by atoms with van der Waals surface area (Å²) in [5, 5.41) is 14.8. The van der Waals surface area contributed by atoms with Gasteiger partial charge in [-0.2, -0.15) is 0 Å². The first-order valence-corrected chi connectivity index (χ1v) is 11.6. The van der Waals surface area contributed by atoms with Crippen molar-refractivity contribution < 1.29 is 24.2 Å². The van der Waals surface area contributed by atoms with Crippen LogP contribution in [0.5, 0.6) is 0 Å². The Hall–Kier alpha value is -3.35. The summed E-state index contributed by atoms with van der Waals surface area (Å²) < 4.78 is 5.61. The van der Waals surface area contributed by atoms with Crippen LogP contribution in [0.2, 0.25) is 0 Å². The van der Waals surface area contributed by atoms with Crippen molar-refractivity contribution in [2.45, 2.75) is 57.0 Å². The molecule has 4 rings (SSSR count). The van der Waals surface area contributed by atoms with Gasteiger partial charge in [-0.15, -0.1) is 0 Å². The summed E-state index contributed by atoms with van der Waals surface area (Å²) >= 11 is 0. The number of carboxylic acids is 1. The Balaban J connectivity index is 1.36. The van der Waals surface area contributed by atoms with Gasteiger partial charge in [0.2, 0.25) is 5.91 Å². The summed E-state index contributed by atoms with van der Waals surface area (Å²) in [6.45, 7) is 2.08. The van der Waals surface area contributed by atoms with Gasteiger partial charge in [0.15, 0.2) is 0 Å². The van der Waals surface area contributed by atoms with E-state index in [4.69, 9.17) is 4.74 Å². The van der Waals surface area contributed by atoms with E-state index in [1.165, 1.54) is 0 Å². The largest absolute Gasteiger partial charge is 0.480 e. The van der Waals surface area contributed by atoms with Crippen LogP contribution in [0.3, 0.4) is 0 Å². The third kappa shape index (κ3) is 4.87. The summed E-state index contributed by atoms with van der Waals surface area (Å²) in [5.74, 6) is -1.85. The second-order valence-electron chi connectivity index (χ2n) is 8.80. The van der Waals surface area contributed by atoms with Gasteiger partial charge in [0.25, 0.3) is 0 Å². The van der Waals surface area contributed by atoms with E-state index in [9.17, 15) is 19.5 Å². The number of ether oxygens (including phenoxy) is 1. The minimum absolute atomic E-state index is 0.0313. The zero-order valence-corrected chi connectivity index (χ0v) is 18.8. The summed E-state index contributed by atoms with van der Waals surface area (Å²) in [6.07, 6.45) is 2.54. The quantitative estimate of drug-likeness (QED) is 0.563. The molecule has 0 heterocycles. The van der Waals surface area contributed by atoms with Crippen LogP contribution in [0.4, 0.5) is 4.79 Å². The molecule has 2 aliphatic rings. The minimum atomic E-state index is -1.04. The van der Waals surface area contributed by atoms with Crippen molar-refractivity contribution in [1.82, 2.24) is 10.6 Å². The monoisotopic (exact) mass is 450 g/mol. The fourth-order valence-electron chi connectivity index (χ4n) is 5.06. The van der Waals surface area contributed by atoms with E-state index >= 15 is 0 Å². The molecule has 0 radical (unpaired) electrons. The van der Waals surface area contributed by atoms with Crippen LogP contribution >= 0.6 is 0 Å². The molecule has 0 spiro atoms. The van der Waals surface area contributed by atoms with Gasteiger partial charge >= 0.3 is 12.1 Å². The molecule has 2 aromatic carbocycles. The van der Waals surface area contributed by atoms with Gasteiger partial charge in [0.05, 0.1) is 5.92 Å². The molecular formula is C26H30N2O5. The molecule has 1 fully saturated rings. The molecule has 1 saturated carbocycles. The Morgan fingerprint density at radius 2 is 1.67 bits per heavy atom. The fourth-order valence-corrected chi connectivity index (χ4v) is 5.06. The second-order valence-corrected chi connectivity index (χ2v) is 8.80. The van der Waals surface area contributed by atoms with Gasteiger partial charge in [-0.25, -0.2) is 9.59 Å². The zero-order valence-electron chi connectivity index (χ0n) is 18.8. The first-order valence-electron chi connectivity index (χ1n) is 11.6. The molecule has 2 aliphatic carbocycles. The highest BCUT2D eigenvalue weighted by Gasteiger charge is 2.36. The maximum Gasteiger partial charge on any atom is 0.407 e. The molecule has 2 amide bonds. The van der Waals surface area contributed by atoms with Crippen LogP contribution in [0.15, 0.2) is 48.5 Å². The van der Waals surface area contributed by atoms with E-state index in [0.29, 0.717) is 25.7 Å². The lowest BCUT2D eigenvalue weighted by Crippen LogP contribution is -2.48. The van der Waals surface area contributed by atoms with Crippen molar-refractivity contribution >= 4 is 18.0 Å². The number of hydrogen-bond donors (Lipinski definition) is 3. The number of aliphatic carboxylic acids is 1. The minimum Gasteiger partial charge on any atom is -0.480 e. The summed E-state index contributed by atoms with van der Waals surface area (Å²) in [5.41, 5.74) is 4.60. The Kier molecular flexibility index (Phi) is 6.96. The van der Waals surface area contributed by atoms with E-state index in [1.807, 2.05) is 31.2 Å². The molecule has 174 valence electrons. The van der Waals surface area contributed by atoms with Crippen LogP contribution in [0.25, 0.3) is 11.1 Å². The third-order valence-electron chi connectivity index (χ3n) is 6.69. The number of amides is 2. The number of nitrogens with one attached hydrogen (secondary N) is 2. The fraction of sp³-hybridized carbons (Fsp3) is 0.423. The molecule has 3 atom stereocenters. The number of alkyl carbamates (subject to hydrolysis) is 1. The normalized spacial score (nSPS) is 19.9. The first-order chi connectivity index (χ1) is 16.0. The van der Waals surface area contributed by atoms with Crippen LogP contribution in [0.1, 0.15) is 56.1 Å². The molecule has 2 unspecified atom stereocenters. The van der Waals surface area contributed by atoms with E-state index in [0.717, 1.165) is 28.7 Å². The predicted molar refractivity (Wildman–Crippen MR) is 124 cm³/mol. The number of rotatable bonds is 8. The lowest BCUT2D eigenvalue weighted by Gasteiger charge is -2.23. The van der Waals surface area contributed by atoms with Gasteiger partial charge in [0.1, 0.15) is 12.6 Å². The van der Waals surface area contributed by atoms with Crippen molar-refractivity contribution in [3.8, 4) is 11.1 Å². The number of carbonyl (C=O) groups excluding carboxylic acids is 2. The van der Waals surface area contributed by atoms with Crippen molar-refractivity contribution in [2.75, 3.05) is 6.61 Å². The smallest absolute Gasteiger partial charge is 0.407 e. The molecule has 33 heavy (non-hydrogen) atoms. The van der Waals surface area contributed by atoms with E-state index in [-0.39, 0.29) is 24.5 Å². The number of carbonyl (C=O) groups is 3. The van der Waals surface area contributed by atoms with Crippen LogP contribution in [-0.2, 0) is 14.3 Å². The highest BCUT2D eigenvalue weighted by molar-refractivity contribution is 5.86. The molecule has 7 nitrogen and oxygen atoms in total. The molecule has 0 bridgehead atoms. The molecule has 0 saturated heterocycles.